The Kier molecular flexibility index (Phi) is 13.7. The van der Waals surface area contributed by atoms with Crippen LogP contribution < -0.4 is 15.4 Å². The van der Waals surface area contributed by atoms with E-state index in [1.807, 2.05) is 0 Å². The fourth-order valence-electron chi connectivity index (χ4n) is 2.13. The lowest BCUT2D eigenvalue weighted by molar-refractivity contribution is -0.385. The Bertz CT molecular complexity index is 758. The van der Waals surface area contributed by atoms with E-state index in [1.165, 1.54) is 18.2 Å². The molecule has 1 rings (SSSR count). The van der Waals surface area contributed by atoms with E-state index >= 15 is 0 Å². The molecule has 0 saturated carbocycles. The van der Waals surface area contributed by atoms with Gasteiger partial charge in [0.2, 0.25) is 10.0 Å². The van der Waals surface area contributed by atoms with Crippen LogP contribution in [0.15, 0.2) is 34.2 Å². The number of benzene rings is 1. The highest BCUT2D eigenvalue weighted by Crippen LogP contribution is 2.16. The van der Waals surface area contributed by atoms with Crippen molar-refractivity contribution in [3.05, 3.63) is 34.4 Å². The minimum Gasteiger partial charge on any atom is -0.381 e. The Labute approximate surface area is 189 Å². The van der Waals surface area contributed by atoms with Crippen molar-refractivity contribution in [1.29, 1.82) is 0 Å². The van der Waals surface area contributed by atoms with Crippen LogP contribution in [0.3, 0.4) is 0 Å². The molecule has 12 heteroatoms. The van der Waals surface area contributed by atoms with Crippen LogP contribution in [0.5, 0.6) is 0 Å². The fraction of sp³-hybridized carbons (Fsp3) is 0.588. The molecule has 0 aromatic heterocycles. The maximum Gasteiger partial charge on any atom is 0.270 e. The molecule has 0 aliphatic carbocycles. The number of non-ortho nitro benzene ring substituents is 1. The Balaban J connectivity index is 0.00000784. The average Bonchev–Trinajstić information content (AvgIpc) is 2.65. The van der Waals surface area contributed by atoms with Crippen LogP contribution in [0.1, 0.15) is 20.3 Å². The van der Waals surface area contributed by atoms with Crippen LogP contribution in [-0.4, -0.2) is 59.2 Å². The zero-order valence-corrected chi connectivity index (χ0v) is 20.0. The minimum absolute atomic E-state index is 0. The third kappa shape index (κ3) is 11.3. The first-order valence-corrected chi connectivity index (χ1v) is 10.5. The van der Waals surface area contributed by atoms with Crippen molar-refractivity contribution in [2.75, 3.05) is 39.9 Å². The topological polar surface area (TPSA) is 135 Å². The SMILES string of the molecule is CN=C(NCCCOCC(C)C)NCCNS(=O)(=O)c1cccc([N+](=O)[O-])c1.I. The molecule has 29 heavy (non-hydrogen) atoms. The summed E-state index contributed by atoms with van der Waals surface area (Å²) in [5.74, 6) is 1.06. The first kappa shape index (κ1) is 27.5. The van der Waals surface area contributed by atoms with Crippen LogP contribution in [0.4, 0.5) is 5.69 Å². The highest BCUT2D eigenvalue weighted by molar-refractivity contribution is 14.0. The average molecular weight is 543 g/mol. The number of hydrogen-bond acceptors (Lipinski definition) is 6. The molecule has 166 valence electrons. The summed E-state index contributed by atoms with van der Waals surface area (Å²) in [5, 5.41) is 16.9. The first-order valence-electron chi connectivity index (χ1n) is 9.02. The van der Waals surface area contributed by atoms with Crippen LogP contribution in [0.25, 0.3) is 0 Å². The van der Waals surface area contributed by atoms with E-state index < -0.39 is 14.9 Å². The smallest absolute Gasteiger partial charge is 0.270 e. The van der Waals surface area contributed by atoms with Gasteiger partial charge in [-0.25, -0.2) is 13.1 Å². The molecule has 1 aromatic rings. The van der Waals surface area contributed by atoms with Crippen LogP contribution >= 0.6 is 24.0 Å². The number of nitro groups is 1. The van der Waals surface area contributed by atoms with Crippen molar-refractivity contribution in [2.24, 2.45) is 10.9 Å². The van der Waals surface area contributed by atoms with Gasteiger partial charge in [-0.05, 0) is 18.4 Å². The van der Waals surface area contributed by atoms with Gasteiger partial charge >= 0.3 is 0 Å². The summed E-state index contributed by atoms with van der Waals surface area (Å²) in [7, 11) is -2.20. The van der Waals surface area contributed by atoms with Crippen molar-refractivity contribution < 1.29 is 18.1 Å². The van der Waals surface area contributed by atoms with Crippen LogP contribution in [0, 0.1) is 16.0 Å². The molecule has 0 bridgehead atoms. The van der Waals surface area contributed by atoms with E-state index in [-0.39, 0.29) is 41.1 Å². The number of nitrogens with zero attached hydrogens (tertiary/aromatic N) is 2. The summed E-state index contributed by atoms with van der Waals surface area (Å²) in [6, 6.07) is 4.91. The standard InChI is InChI=1S/C17H29N5O5S.HI/c1-14(2)13-27-11-5-8-19-17(18-3)20-9-10-21-28(25,26)16-7-4-6-15(12-16)22(23)24;/h4,6-7,12,14,21H,5,8-11,13H2,1-3H3,(H2,18,19,20);1H. The summed E-state index contributed by atoms with van der Waals surface area (Å²) in [6.45, 7) is 6.66. The lowest BCUT2D eigenvalue weighted by Crippen LogP contribution is -2.42. The Morgan fingerprint density at radius 2 is 1.93 bits per heavy atom. The second-order valence-electron chi connectivity index (χ2n) is 6.40. The van der Waals surface area contributed by atoms with Gasteiger partial charge in [-0.3, -0.25) is 15.1 Å². The summed E-state index contributed by atoms with van der Waals surface area (Å²) in [5.41, 5.74) is -0.275. The van der Waals surface area contributed by atoms with Crippen molar-refractivity contribution in [1.82, 2.24) is 15.4 Å². The van der Waals surface area contributed by atoms with E-state index in [2.05, 4.69) is 34.2 Å². The van der Waals surface area contributed by atoms with Crippen LogP contribution in [-0.2, 0) is 14.8 Å². The van der Waals surface area contributed by atoms with E-state index in [0.717, 1.165) is 19.1 Å². The zero-order chi connectivity index (χ0) is 21.0. The van der Waals surface area contributed by atoms with Crippen molar-refractivity contribution in [2.45, 2.75) is 25.2 Å². The monoisotopic (exact) mass is 543 g/mol. The van der Waals surface area contributed by atoms with Crippen LogP contribution in [0.2, 0.25) is 0 Å². The van der Waals surface area contributed by atoms with E-state index in [1.54, 1.807) is 7.05 Å². The molecular formula is C17H30IN5O5S. The van der Waals surface area contributed by atoms with Crippen molar-refractivity contribution >= 4 is 45.6 Å². The molecule has 0 heterocycles. The molecule has 0 unspecified atom stereocenters. The number of sulfonamides is 1. The Morgan fingerprint density at radius 1 is 1.24 bits per heavy atom. The molecule has 0 atom stereocenters. The molecule has 10 nitrogen and oxygen atoms in total. The van der Waals surface area contributed by atoms with E-state index in [9.17, 15) is 18.5 Å². The summed E-state index contributed by atoms with van der Waals surface area (Å²) in [6.07, 6.45) is 0.826. The highest BCUT2D eigenvalue weighted by atomic mass is 127. The number of guanidine groups is 1. The van der Waals surface area contributed by atoms with Crippen molar-refractivity contribution in [3.63, 3.8) is 0 Å². The number of halogens is 1. The highest BCUT2D eigenvalue weighted by Gasteiger charge is 2.16. The molecular weight excluding hydrogens is 513 g/mol. The molecule has 0 aliphatic rings. The number of ether oxygens (including phenoxy) is 1. The second-order valence-corrected chi connectivity index (χ2v) is 8.17. The molecule has 0 spiro atoms. The number of aliphatic imine (C=N–C) groups is 1. The maximum atomic E-state index is 12.2. The van der Waals surface area contributed by atoms with Gasteiger partial charge in [0.25, 0.3) is 5.69 Å². The van der Waals surface area contributed by atoms with Gasteiger partial charge in [0.1, 0.15) is 0 Å². The van der Waals surface area contributed by atoms with Gasteiger partial charge in [-0.2, -0.15) is 0 Å². The zero-order valence-electron chi connectivity index (χ0n) is 16.9. The largest absolute Gasteiger partial charge is 0.381 e. The minimum atomic E-state index is -3.83. The molecule has 0 amide bonds. The molecule has 3 N–H and O–H groups in total. The van der Waals surface area contributed by atoms with Gasteiger partial charge in [0.05, 0.1) is 9.82 Å². The maximum absolute atomic E-state index is 12.2. The predicted octanol–water partition coefficient (Wildman–Crippen LogP) is 1.72. The Hall–Kier alpha value is -1.51. The molecule has 0 aliphatic heterocycles. The van der Waals surface area contributed by atoms with Crippen molar-refractivity contribution in [3.8, 4) is 0 Å². The fourth-order valence-corrected chi connectivity index (χ4v) is 3.21. The third-order valence-electron chi connectivity index (χ3n) is 3.48. The predicted molar refractivity (Wildman–Crippen MR) is 123 cm³/mol. The van der Waals surface area contributed by atoms with Gasteiger partial charge in [0, 0.05) is 52.0 Å². The normalized spacial score (nSPS) is 11.8. The molecule has 1 aromatic carbocycles. The second kappa shape index (κ2) is 14.5. The summed E-state index contributed by atoms with van der Waals surface area (Å²) >= 11 is 0. The number of hydrogen-bond donors (Lipinski definition) is 3. The lowest BCUT2D eigenvalue weighted by Gasteiger charge is -2.13. The van der Waals surface area contributed by atoms with E-state index in [4.69, 9.17) is 4.74 Å². The lowest BCUT2D eigenvalue weighted by atomic mass is 10.2. The Morgan fingerprint density at radius 3 is 2.55 bits per heavy atom. The third-order valence-corrected chi connectivity index (χ3v) is 4.94. The molecule has 0 saturated heterocycles. The van der Waals surface area contributed by atoms with E-state index in [0.29, 0.717) is 31.6 Å². The molecule has 0 radical (unpaired) electrons. The number of nitro benzene ring substituents is 1. The number of nitrogens with one attached hydrogen (secondary N) is 3. The quantitative estimate of drug-likeness (QED) is 0.0913. The molecule has 0 fully saturated rings. The van der Waals surface area contributed by atoms with Gasteiger partial charge < -0.3 is 15.4 Å². The summed E-state index contributed by atoms with van der Waals surface area (Å²) < 4.78 is 32.3. The van der Waals surface area contributed by atoms with Gasteiger partial charge in [-0.15, -0.1) is 24.0 Å². The van der Waals surface area contributed by atoms with Gasteiger partial charge in [0.15, 0.2) is 5.96 Å². The number of rotatable bonds is 12. The van der Waals surface area contributed by atoms with Gasteiger partial charge in [-0.1, -0.05) is 19.9 Å². The first-order chi connectivity index (χ1) is 13.3. The summed E-state index contributed by atoms with van der Waals surface area (Å²) in [4.78, 5) is 14.1.